The molecule has 0 saturated heterocycles. The van der Waals surface area contributed by atoms with E-state index in [0.29, 0.717) is 30.7 Å². The Bertz CT molecular complexity index is 923. The van der Waals surface area contributed by atoms with Crippen LogP contribution in [0.2, 0.25) is 0 Å². The van der Waals surface area contributed by atoms with Crippen LogP contribution >= 0.6 is 0 Å². The normalized spacial score (nSPS) is 11.5. The fourth-order valence-corrected chi connectivity index (χ4v) is 2.76. The first kappa shape index (κ1) is 16.3. The third-order valence-corrected chi connectivity index (χ3v) is 4.44. The van der Waals surface area contributed by atoms with Gasteiger partial charge in [-0.25, -0.2) is 8.42 Å². The zero-order valence-corrected chi connectivity index (χ0v) is 13.9. The van der Waals surface area contributed by atoms with E-state index >= 15 is 0 Å². The van der Waals surface area contributed by atoms with Gasteiger partial charge in [0.25, 0.3) is 0 Å². The second-order valence-electron chi connectivity index (χ2n) is 5.23. The summed E-state index contributed by atoms with van der Waals surface area (Å²) in [6, 6.07) is 14.1. The second kappa shape index (κ2) is 6.88. The number of hydrogen-bond donors (Lipinski definition) is 0. The zero-order chi connectivity index (χ0) is 17.0. The van der Waals surface area contributed by atoms with Crippen LogP contribution in [0, 0.1) is 0 Å². The molecule has 1 aromatic heterocycles. The fourth-order valence-electron chi connectivity index (χ4n) is 2.12. The lowest BCUT2D eigenvalue weighted by Gasteiger charge is -2.07. The number of nitrogens with zero attached hydrogens (tertiary/aromatic N) is 3. The molecule has 0 spiro atoms. The van der Waals surface area contributed by atoms with Gasteiger partial charge in [-0.1, -0.05) is 23.0 Å². The predicted octanol–water partition coefficient (Wildman–Crippen LogP) is 1.73. The number of para-hydroxylation sites is 1. The van der Waals surface area contributed by atoms with Gasteiger partial charge in [0, 0.05) is 12.7 Å². The van der Waals surface area contributed by atoms with Crippen LogP contribution in [0.15, 0.2) is 53.4 Å². The summed E-state index contributed by atoms with van der Waals surface area (Å²) in [6.45, 7) is 0.875. The molecule has 126 valence electrons. The highest BCUT2D eigenvalue weighted by Crippen LogP contribution is 2.16. The number of hydrogen-bond acceptors (Lipinski definition) is 6. The van der Waals surface area contributed by atoms with Gasteiger partial charge in [0.1, 0.15) is 23.4 Å². The second-order valence-corrected chi connectivity index (χ2v) is 7.25. The summed E-state index contributed by atoms with van der Waals surface area (Å²) in [6.07, 6.45) is 1.81. The summed E-state index contributed by atoms with van der Waals surface area (Å²) < 4.78 is 28.8. The van der Waals surface area contributed by atoms with Crippen molar-refractivity contribution in [3.8, 4) is 5.75 Å². The Balaban J connectivity index is 1.59. The molecule has 0 saturated carbocycles. The predicted molar refractivity (Wildman–Crippen MR) is 88.6 cm³/mol. The van der Waals surface area contributed by atoms with Crippen molar-refractivity contribution in [1.29, 1.82) is 0 Å². The molecule has 0 aliphatic carbocycles. The molecule has 0 fully saturated rings. The molecule has 0 radical (unpaired) electrons. The lowest BCUT2D eigenvalue weighted by atomic mass is 10.3. The first-order chi connectivity index (χ1) is 11.5. The highest BCUT2D eigenvalue weighted by atomic mass is 32.2. The van der Waals surface area contributed by atoms with Gasteiger partial charge in [0.05, 0.1) is 11.5 Å². The summed E-state index contributed by atoms with van der Waals surface area (Å²) in [5.74, 6) is 0.807. The molecule has 0 aliphatic rings. The molecular weight excluding hydrogens is 330 g/mol. The van der Waals surface area contributed by atoms with E-state index in [1.54, 1.807) is 6.07 Å². The van der Waals surface area contributed by atoms with E-state index in [9.17, 15) is 8.42 Å². The standard InChI is InChI=1S/C16H17N3O4S/c1-24(20,21)14-8-9-15-16(12-14)19(18-17-15)23-11-5-10-22-13-6-3-2-4-7-13/h2-4,6-9,12H,5,10-11H2,1H3. The van der Waals surface area contributed by atoms with Crippen molar-refractivity contribution in [2.45, 2.75) is 11.3 Å². The minimum Gasteiger partial charge on any atom is -0.493 e. The molecule has 24 heavy (non-hydrogen) atoms. The molecule has 0 unspecified atom stereocenters. The Hall–Kier alpha value is -2.61. The largest absolute Gasteiger partial charge is 0.493 e. The minimum absolute atomic E-state index is 0.203. The van der Waals surface area contributed by atoms with Crippen LogP contribution < -0.4 is 9.57 Å². The van der Waals surface area contributed by atoms with Crippen LogP contribution in [-0.2, 0) is 9.84 Å². The molecule has 0 bridgehead atoms. The molecule has 3 aromatic rings. The Morgan fingerprint density at radius 1 is 1.08 bits per heavy atom. The van der Waals surface area contributed by atoms with E-state index < -0.39 is 9.84 Å². The van der Waals surface area contributed by atoms with E-state index in [-0.39, 0.29) is 4.90 Å². The summed E-state index contributed by atoms with van der Waals surface area (Å²) in [5, 5.41) is 7.83. The fraction of sp³-hybridized carbons (Fsp3) is 0.250. The van der Waals surface area contributed by atoms with Crippen molar-refractivity contribution >= 4 is 20.9 Å². The van der Waals surface area contributed by atoms with Crippen LogP contribution in [0.25, 0.3) is 11.0 Å². The molecule has 2 aromatic carbocycles. The maximum atomic E-state index is 11.6. The Morgan fingerprint density at radius 2 is 1.88 bits per heavy atom. The van der Waals surface area contributed by atoms with Crippen LogP contribution in [-0.4, -0.2) is 43.0 Å². The number of benzene rings is 2. The zero-order valence-electron chi connectivity index (χ0n) is 13.1. The molecule has 0 amide bonds. The van der Waals surface area contributed by atoms with E-state index in [2.05, 4.69) is 10.3 Å². The van der Waals surface area contributed by atoms with Gasteiger partial charge in [-0.2, -0.15) is 0 Å². The van der Waals surface area contributed by atoms with Crippen molar-refractivity contribution in [2.75, 3.05) is 19.5 Å². The third kappa shape index (κ3) is 3.83. The highest BCUT2D eigenvalue weighted by molar-refractivity contribution is 7.90. The molecule has 0 N–H and O–H groups in total. The Labute approximate surface area is 139 Å². The average Bonchev–Trinajstić information content (AvgIpc) is 2.97. The summed E-state index contributed by atoms with van der Waals surface area (Å²) in [7, 11) is -3.29. The Kier molecular flexibility index (Phi) is 4.66. The number of rotatable bonds is 7. The van der Waals surface area contributed by atoms with Gasteiger partial charge in [0.2, 0.25) is 0 Å². The lowest BCUT2D eigenvalue weighted by Crippen LogP contribution is -2.16. The first-order valence-electron chi connectivity index (χ1n) is 7.41. The van der Waals surface area contributed by atoms with Gasteiger partial charge in [0.15, 0.2) is 9.84 Å². The van der Waals surface area contributed by atoms with Crippen LogP contribution in [0.1, 0.15) is 6.42 Å². The van der Waals surface area contributed by atoms with Crippen molar-refractivity contribution in [1.82, 2.24) is 15.2 Å². The average molecular weight is 347 g/mol. The van der Waals surface area contributed by atoms with Crippen molar-refractivity contribution in [3.63, 3.8) is 0 Å². The van der Waals surface area contributed by atoms with Gasteiger partial charge >= 0.3 is 0 Å². The Morgan fingerprint density at radius 3 is 2.62 bits per heavy atom. The molecule has 0 atom stereocenters. The van der Waals surface area contributed by atoms with E-state index in [1.807, 2.05) is 30.3 Å². The number of aromatic nitrogens is 3. The molecule has 1 heterocycles. The van der Waals surface area contributed by atoms with E-state index in [0.717, 1.165) is 12.0 Å². The van der Waals surface area contributed by atoms with Crippen molar-refractivity contribution in [2.24, 2.45) is 0 Å². The SMILES string of the molecule is CS(=O)(=O)c1ccc2nnn(OCCCOc3ccccc3)c2c1. The van der Waals surface area contributed by atoms with E-state index in [4.69, 9.17) is 9.57 Å². The minimum atomic E-state index is -3.29. The van der Waals surface area contributed by atoms with E-state index in [1.165, 1.54) is 17.0 Å². The molecule has 8 heteroatoms. The molecule has 7 nitrogen and oxygen atoms in total. The summed E-state index contributed by atoms with van der Waals surface area (Å²) >= 11 is 0. The highest BCUT2D eigenvalue weighted by Gasteiger charge is 2.12. The van der Waals surface area contributed by atoms with Crippen LogP contribution in [0.3, 0.4) is 0 Å². The van der Waals surface area contributed by atoms with Gasteiger partial charge in [-0.05, 0) is 35.5 Å². The lowest BCUT2D eigenvalue weighted by molar-refractivity contribution is 0.0779. The van der Waals surface area contributed by atoms with Crippen LogP contribution in [0.5, 0.6) is 5.75 Å². The monoisotopic (exact) mass is 347 g/mol. The summed E-state index contributed by atoms with van der Waals surface area (Å²) in [5.41, 5.74) is 1.09. The summed E-state index contributed by atoms with van der Waals surface area (Å²) in [4.78, 5) is 6.98. The topological polar surface area (TPSA) is 83.3 Å². The molecule has 3 rings (SSSR count). The quantitative estimate of drug-likeness (QED) is 0.605. The van der Waals surface area contributed by atoms with Crippen molar-refractivity contribution < 1.29 is 18.0 Å². The van der Waals surface area contributed by atoms with Gasteiger partial charge in [-0.15, -0.1) is 5.10 Å². The van der Waals surface area contributed by atoms with Gasteiger partial charge < -0.3 is 9.57 Å². The third-order valence-electron chi connectivity index (χ3n) is 3.33. The van der Waals surface area contributed by atoms with Crippen molar-refractivity contribution in [3.05, 3.63) is 48.5 Å². The molecule has 0 aliphatic heterocycles. The molecular formula is C16H17N3O4S. The number of sulfone groups is 1. The maximum Gasteiger partial charge on any atom is 0.175 e. The first-order valence-corrected chi connectivity index (χ1v) is 9.30. The number of ether oxygens (including phenoxy) is 1. The van der Waals surface area contributed by atoms with Crippen LogP contribution in [0.4, 0.5) is 0 Å². The number of fused-ring (bicyclic) bond motifs is 1. The van der Waals surface area contributed by atoms with Gasteiger partial charge in [-0.3, -0.25) is 0 Å². The maximum absolute atomic E-state index is 11.6. The smallest absolute Gasteiger partial charge is 0.175 e.